The number of hydrogen-bond donors (Lipinski definition) is 2. The van der Waals surface area contributed by atoms with Crippen molar-refractivity contribution < 1.29 is 23.9 Å². The molecule has 1 rings (SSSR count). The number of benzene rings is 1. The van der Waals surface area contributed by atoms with Crippen LogP contribution in [0.5, 0.6) is 5.75 Å². The van der Waals surface area contributed by atoms with Gasteiger partial charge in [0.2, 0.25) is 0 Å². The highest BCUT2D eigenvalue weighted by molar-refractivity contribution is 7.32. The van der Waals surface area contributed by atoms with E-state index < -0.39 is 20.6 Å². The van der Waals surface area contributed by atoms with E-state index in [4.69, 9.17) is 4.89 Å². The third-order valence-electron chi connectivity index (χ3n) is 3.55. The van der Waals surface area contributed by atoms with Gasteiger partial charge >= 0.3 is 8.25 Å². The van der Waals surface area contributed by atoms with Crippen LogP contribution in [0.3, 0.4) is 0 Å². The topological polar surface area (TPSA) is 83.8 Å². The lowest BCUT2D eigenvalue weighted by atomic mass is 9.78. The summed E-state index contributed by atoms with van der Waals surface area (Å²) in [6.07, 6.45) is 2.94. The smallest absolute Gasteiger partial charge is 0.317 e. The third-order valence-corrected chi connectivity index (χ3v) is 3.94. The number of aromatic hydroxyl groups is 1. The van der Waals surface area contributed by atoms with E-state index in [0.29, 0.717) is 0 Å². The third kappa shape index (κ3) is 5.90. The minimum absolute atomic E-state index is 0.252. The van der Waals surface area contributed by atoms with Gasteiger partial charge in [-0.15, -0.1) is 0 Å². The molecule has 6 heteroatoms. The van der Waals surface area contributed by atoms with Gasteiger partial charge in [-0.3, -0.25) is 9.36 Å². The minimum atomic E-state index is -3.11. The van der Waals surface area contributed by atoms with E-state index in [-0.39, 0.29) is 16.6 Å². The molecule has 0 heterocycles. The number of phenolic OH excluding ortho intramolecular Hbond substituents is 1. The molecule has 5 nitrogen and oxygen atoms in total. The van der Waals surface area contributed by atoms with E-state index >= 15 is 0 Å². The Kier molecular flexibility index (Phi) is 6.57. The summed E-state index contributed by atoms with van der Waals surface area (Å²) in [6, 6.07) is 3.70. The molecule has 0 bridgehead atoms. The molecular formula is C18H27O5P. The van der Waals surface area contributed by atoms with Crippen molar-refractivity contribution in [2.75, 3.05) is 6.61 Å². The molecule has 0 spiro atoms. The summed E-state index contributed by atoms with van der Waals surface area (Å²) >= 11 is 0. The Hall–Kier alpha value is -1.42. The molecule has 134 valence electrons. The summed E-state index contributed by atoms with van der Waals surface area (Å²) in [5, 5.41) is 10.6. The second-order valence-corrected chi connectivity index (χ2v) is 8.64. The molecule has 0 aromatic heterocycles. The summed E-state index contributed by atoms with van der Waals surface area (Å²) < 4.78 is 14.9. The lowest BCUT2D eigenvalue weighted by Gasteiger charge is -2.27. The summed E-state index contributed by atoms with van der Waals surface area (Å²) in [6.45, 7) is 11.7. The molecule has 2 N–H and O–H groups in total. The summed E-state index contributed by atoms with van der Waals surface area (Å²) in [4.78, 5) is 20.2. The molecule has 0 saturated heterocycles. The first-order valence-electron chi connectivity index (χ1n) is 7.77. The summed E-state index contributed by atoms with van der Waals surface area (Å²) in [5.74, 6) is -0.120. The van der Waals surface area contributed by atoms with Crippen LogP contribution in [0.15, 0.2) is 18.2 Å². The normalized spacial score (nSPS) is 14.1. The Labute approximate surface area is 144 Å². The molecule has 0 saturated carbocycles. The number of rotatable bonds is 5. The molecule has 24 heavy (non-hydrogen) atoms. The molecule has 0 radical (unpaired) electrons. The van der Waals surface area contributed by atoms with E-state index in [0.717, 1.165) is 16.7 Å². The van der Waals surface area contributed by atoms with E-state index in [1.165, 1.54) is 6.08 Å². The van der Waals surface area contributed by atoms with Gasteiger partial charge in [-0.2, -0.15) is 0 Å². The second kappa shape index (κ2) is 7.64. The van der Waals surface area contributed by atoms with E-state index in [1.807, 2.05) is 53.7 Å². The van der Waals surface area contributed by atoms with Gasteiger partial charge in [0.05, 0.1) is 0 Å². The number of phenols is 1. The van der Waals surface area contributed by atoms with Crippen molar-refractivity contribution in [2.45, 2.75) is 52.4 Å². The Morgan fingerprint density at radius 1 is 1.12 bits per heavy atom. The van der Waals surface area contributed by atoms with Crippen molar-refractivity contribution in [1.29, 1.82) is 0 Å². The maximum atomic E-state index is 11.7. The van der Waals surface area contributed by atoms with E-state index in [2.05, 4.69) is 4.52 Å². The summed E-state index contributed by atoms with van der Waals surface area (Å²) in [7, 11) is -3.11. The second-order valence-electron chi connectivity index (χ2n) is 7.82. The van der Waals surface area contributed by atoms with Gasteiger partial charge in [-0.1, -0.05) is 47.6 Å². The van der Waals surface area contributed by atoms with Crippen molar-refractivity contribution in [1.82, 2.24) is 0 Å². The summed E-state index contributed by atoms with van der Waals surface area (Å²) in [5.41, 5.74) is 1.89. The van der Waals surface area contributed by atoms with Crippen LogP contribution in [0.25, 0.3) is 6.08 Å². The zero-order chi connectivity index (χ0) is 18.7. The van der Waals surface area contributed by atoms with Crippen molar-refractivity contribution in [3.63, 3.8) is 0 Å². The number of ketones is 1. The van der Waals surface area contributed by atoms with Crippen LogP contribution in [0.2, 0.25) is 0 Å². The van der Waals surface area contributed by atoms with E-state index in [1.54, 1.807) is 6.08 Å². The van der Waals surface area contributed by atoms with Crippen LogP contribution in [0.4, 0.5) is 0 Å². The number of carbonyl (C=O) groups excluding carboxylic acids is 1. The molecule has 0 amide bonds. The van der Waals surface area contributed by atoms with Crippen LogP contribution in [0, 0.1) is 0 Å². The monoisotopic (exact) mass is 354 g/mol. The van der Waals surface area contributed by atoms with Gasteiger partial charge < -0.3 is 14.5 Å². The Balaban J connectivity index is 3.25. The van der Waals surface area contributed by atoms with Crippen LogP contribution < -0.4 is 0 Å². The standard InChI is InChI=1S/C18H27O5P/c1-17(2,3)14-9-12(7-8-13(19)11-23-24(21)22)10-15(16(14)20)18(4,5)6/h7-10,20,24H,11H2,1-6H3,(H,21,22). The highest BCUT2D eigenvalue weighted by Crippen LogP contribution is 2.40. The van der Waals surface area contributed by atoms with Crippen molar-refractivity contribution in [3.05, 3.63) is 34.9 Å². The van der Waals surface area contributed by atoms with Crippen molar-refractivity contribution >= 4 is 20.1 Å². The van der Waals surface area contributed by atoms with Crippen LogP contribution in [0.1, 0.15) is 58.2 Å². The fourth-order valence-electron chi connectivity index (χ4n) is 2.27. The molecule has 0 aliphatic carbocycles. The maximum Gasteiger partial charge on any atom is 0.317 e. The fourth-order valence-corrected chi connectivity index (χ4v) is 2.53. The first kappa shape index (κ1) is 20.6. The van der Waals surface area contributed by atoms with Crippen LogP contribution >= 0.6 is 8.25 Å². The number of carbonyl (C=O) groups is 1. The van der Waals surface area contributed by atoms with Crippen LogP contribution in [-0.4, -0.2) is 22.4 Å². The SMILES string of the molecule is CC(C)(C)c1cc(C=CC(=O)CO[PH](=O)O)cc(C(C)(C)C)c1O. The van der Waals surface area contributed by atoms with Gasteiger partial charge in [0.1, 0.15) is 12.4 Å². The molecular weight excluding hydrogens is 327 g/mol. The van der Waals surface area contributed by atoms with Gasteiger partial charge in [-0.05, 0) is 34.6 Å². The Bertz CT molecular complexity index is 628. The van der Waals surface area contributed by atoms with Crippen LogP contribution in [-0.2, 0) is 24.7 Å². The molecule has 0 aliphatic heterocycles. The van der Waals surface area contributed by atoms with Crippen molar-refractivity contribution in [2.24, 2.45) is 0 Å². The first-order valence-corrected chi connectivity index (χ1v) is 9.03. The average Bonchev–Trinajstić information content (AvgIpc) is 2.41. The largest absolute Gasteiger partial charge is 0.507 e. The van der Waals surface area contributed by atoms with Gasteiger partial charge in [0.15, 0.2) is 5.78 Å². The zero-order valence-corrected chi connectivity index (χ0v) is 16.1. The van der Waals surface area contributed by atoms with Gasteiger partial charge in [0.25, 0.3) is 0 Å². The molecule has 1 aromatic carbocycles. The predicted octanol–water partition coefficient (Wildman–Crippen LogP) is 3.97. The minimum Gasteiger partial charge on any atom is -0.507 e. The van der Waals surface area contributed by atoms with E-state index in [9.17, 15) is 14.5 Å². The molecule has 1 aromatic rings. The quantitative estimate of drug-likeness (QED) is 0.617. The van der Waals surface area contributed by atoms with Gasteiger partial charge in [0, 0.05) is 11.1 Å². The highest BCUT2D eigenvalue weighted by atomic mass is 31.1. The zero-order valence-electron chi connectivity index (χ0n) is 15.1. The lowest BCUT2D eigenvalue weighted by Crippen LogP contribution is -2.17. The van der Waals surface area contributed by atoms with Gasteiger partial charge in [-0.25, -0.2) is 0 Å². The molecule has 0 aliphatic rings. The fraction of sp³-hybridized carbons (Fsp3) is 0.500. The molecule has 1 atom stereocenters. The van der Waals surface area contributed by atoms with Crippen molar-refractivity contribution in [3.8, 4) is 5.75 Å². The molecule has 0 fully saturated rings. The number of hydrogen-bond acceptors (Lipinski definition) is 4. The maximum absolute atomic E-state index is 11.7. The Morgan fingerprint density at radius 2 is 1.58 bits per heavy atom. The predicted molar refractivity (Wildman–Crippen MR) is 96.7 cm³/mol. The Morgan fingerprint density at radius 3 is 1.96 bits per heavy atom. The lowest BCUT2D eigenvalue weighted by molar-refractivity contribution is -0.116. The molecule has 1 unspecified atom stereocenters. The highest BCUT2D eigenvalue weighted by Gasteiger charge is 2.26. The first-order chi connectivity index (χ1) is 10.8. The average molecular weight is 354 g/mol.